The lowest BCUT2D eigenvalue weighted by atomic mass is 9.82. The maximum absolute atomic E-state index is 13.3. The summed E-state index contributed by atoms with van der Waals surface area (Å²) in [4.78, 5) is 26.7. The predicted molar refractivity (Wildman–Crippen MR) is 109 cm³/mol. The third kappa shape index (κ3) is 4.32. The number of amides is 1. The number of aromatic nitrogens is 2. The molecule has 1 N–H and O–H groups in total. The van der Waals surface area contributed by atoms with Crippen LogP contribution in [0.5, 0.6) is 0 Å². The number of hydrogen-bond acceptors (Lipinski definition) is 4. The molecule has 1 aromatic heterocycles. The SMILES string of the molecule is CC1CCC(C(=O)N(c2nn(-c3cccc(C#N)c3)cc2C(=O)O)C(C)C)CC1. The standard InChI is InChI=1S/C22H26N4O3/c1-14(2)26(21(27)17-9-7-15(3)8-10-17)20-19(22(28)29)13-25(24-20)18-6-4-5-16(11-18)12-23/h4-6,11,13-15,17H,7-10H2,1-3H3,(H,28,29). The number of nitrogens with zero attached hydrogens (tertiary/aromatic N) is 4. The Kier molecular flexibility index (Phi) is 6.02. The number of carbonyl (C=O) groups is 2. The number of nitriles is 1. The summed E-state index contributed by atoms with van der Waals surface area (Å²) in [5, 5.41) is 23.3. The predicted octanol–water partition coefficient (Wildman–Crippen LogP) is 4.01. The van der Waals surface area contributed by atoms with Crippen molar-refractivity contribution in [3.63, 3.8) is 0 Å². The van der Waals surface area contributed by atoms with Gasteiger partial charge in [0.1, 0.15) is 5.56 Å². The summed E-state index contributed by atoms with van der Waals surface area (Å²) in [6.07, 6.45) is 5.04. The lowest BCUT2D eigenvalue weighted by molar-refractivity contribution is -0.123. The molecule has 0 spiro atoms. The number of rotatable bonds is 5. The van der Waals surface area contributed by atoms with Crippen LogP contribution in [0.4, 0.5) is 5.82 Å². The molecule has 7 heteroatoms. The first-order chi connectivity index (χ1) is 13.8. The van der Waals surface area contributed by atoms with Gasteiger partial charge in [-0.1, -0.05) is 13.0 Å². The fraction of sp³-hybridized carbons (Fsp3) is 0.455. The average molecular weight is 394 g/mol. The van der Waals surface area contributed by atoms with E-state index in [-0.39, 0.29) is 29.2 Å². The topological polar surface area (TPSA) is 99.2 Å². The Bertz CT molecular complexity index is 949. The van der Waals surface area contributed by atoms with Crippen LogP contribution in [-0.4, -0.2) is 32.8 Å². The van der Waals surface area contributed by atoms with Gasteiger partial charge in [-0.05, 0) is 63.6 Å². The Balaban J connectivity index is 2.01. The Hall–Kier alpha value is -3.14. The summed E-state index contributed by atoms with van der Waals surface area (Å²) in [5.41, 5.74) is 0.989. The molecule has 3 rings (SSSR count). The number of carboxylic acid groups (broad SMARTS) is 1. The first kappa shape index (κ1) is 20.6. The summed E-state index contributed by atoms with van der Waals surface area (Å²) in [5.74, 6) is -0.544. The van der Waals surface area contributed by atoms with Gasteiger partial charge in [-0.3, -0.25) is 9.69 Å². The zero-order valence-electron chi connectivity index (χ0n) is 17.0. The van der Waals surface area contributed by atoms with Gasteiger partial charge in [-0.2, -0.15) is 5.26 Å². The number of carbonyl (C=O) groups excluding carboxylic acids is 1. The van der Waals surface area contributed by atoms with E-state index in [9.17, 15) is 14.7 Å². The van der Waals surface area contributed by atoms with E-state index in [0.717, 1.165) is 25.7 Å². The minimum absolute atomic E-state index is 0.0291. The summed E-state index contributed by atoms with van der Waals surface area (Å²) in [6, 6.07) is 8.59. The molecule has 7 nitrogen and oxygen atoms in total. The number of carboxylic acids is 1. The van der Waals surface area contributed by atoms with E-state index < -0.39 is 5.97 Å². The largest absolute Gasteiger partial charge is 0.477 e. The van der Waals surface area contributed by atoms with Gasteiger partial charge in [0.2, 0.25) is 5.91 Å². The number of benzene rings is 1. The van der Waals surface area contributed by atoms with Crippen molar-refractivity contribution < 1.29 is 14.7 Å². The first-order valence-electron chi connectivity index (χ1n) is 9.98. The number of aromatic carboxylic acids is 1. The highest BCUT2D eigenvalue weighted by atomic mass is 16.4. The molecular formula is C22H26N4O3. The van der Waals surface area contributed by atoms with Crippen LogP contribution in [-0.2, 0) is 4.79 Å². The number of anilines is 1. The first-order valence-corrected chi connectivity index (χ1v) is 9.98. The molecule has 1 aromatic carbocycles. The van der Waals surface area contributed by atoms with E-state index in [0.29, 0.717) is 17.2 Å². The molecule has 0 unspecified atom stereocenters. The fourth-order valence-electron chi connectivity index (χ4n) is 3.85. The van der Waals surface area contributed by atoms with Crippen LogP contribution >= 0.6 is 0 Å². The highest BCUT2D eigenvalue weighted by molar-refractivity contribution is 6.01. The molecule has 1 fully saturated rings. The van der Waals surface area contributed by atoms with Gasteiger partial charge in [-0.25, -0.2) is 9.48 Å². The van der Waals surface area contributed by atoms with Gasteiger partial charge in [0, 0.05) is 18.2 Å². The lowest BCUT2D eigenvalue weighted by Crippen LogP contribution is -2.43. The van der Waals surface area contributed by atoms with Crippen molar-refractivity contribution in [3.05, 3.63) is 41.6 Å². The number of hydrogen-bond donors (Lipinski definition) is 1. The van der Waals surface area contributed by atoms with E-state index >= 15 is 0 Å². The summed E-state index contributed by atoms with van der Waals surface area (Å²) in [7, 11) is 0. The molecule has 1 saturated carbocycles. The maximum atomic E-state index is 13.3. The van der Waals surface area contributed by atoms with Gasteiger partial charge in [0.25, 0.3) is 0 Å². The van der Waals surface area contributed by atoms with E-state index in [1.54, 1.807) is 24.3 Å². The van der Waals surface area contributed by atoms with Crippen molar-refractivity contribution in [3.8, 4) is 11.8 Å². The van der Waals surface area contributed by atoms with Gasteiger partial charge >= 0.3 is 5.97 Å². The van der Waals surface area contributed by atoms with Crippen molar-refractivity contribution >= 4 is 17.7 Å². The van der Waals surface area contributed by atoms with E-state index in [2.05, 4.69) is 18.1 Å². The van der Waals surface area contributed by atoms with E-state index in [4.69, 9.17) is 5.26 Å². The molecule has 0 saturated heterocycles. The second-order valence-electron chi connectivity index (χ2n) is 8.04. The van der Waals surface area contributed by atoms with Crippen LogP contribution in [0.1, 0.15) is 62.4 Å². The fourth-order valence-corrected chi connectivity index (χ4v) is 3.85. The minimum Gasteiger partial charge on any atom is -0.477 e. The average Bonchev–Trinajstić information content (AvgIpc) is 3.13. The van der Waals surface area contributed by atoms with Crippen LogP contribution in [0.3, 0.4) is 0 Å². The molecular weight excluding hydrogens is 368 g/mol. The zero-order chi connectivity index (χ0) is 21.1. The quantitative estimate of drug-likeness (QED) is 0.826. The van der Waals surface area contributed by atoms with Gasteiger partial charge in [0.15, 0.2) is 5.82 Å². The van der Waals surface area contributed by atoms with Gasteiger partial charge in [-0.15, -0.1) is 5.10 Å². The second kappa shape index (κ2) is 8.48. The molecule has 1 aliphatic rings. The summed E-state index contributed by atoms with van der Waals surface area (Å²) < 4.78 is 1.42. The molecule has 0 aliphatic heterocycles. The third-order valence-electron chi connectivity index (χ3n) is 5.51. The van der Waals surface area contributed by atoms with Crippen molar-refractivity contribution in [2.75, 3.05) is 4.90 Å². The van der Waals surface area contributed by atoms with Crippen LogP contribution in [0.15, 0.2) is 30.5 Å². The second-order valence-corrected chi connectivity index (χ2v) is 8.04. The maximum Gasteiger partial charge on any atom is 0.341 e. The van der Waals surface area contributed by atoms with E-state index in [1.807, 2.05) is 13.8 Å². The summed E-state index contributed by atoms with van der Waals surface area (Å²) >= 11 is 0. The van der Waals surface area contributed by atoms with Gasteiger partial charge in [0.05, 0.1) is 17.3 Å². The highest BCUT2D eigenvalue weighted by Gasteiger charge is 2.34. The Morgan fingerprint density at radius 1 is 1.28 bits per heavy atom. The third-order valence-corrected chi connectivity index (χ3v) is 5.51. The molecule has 0 bridgehead atoms. The minimum atomic E-state index is -1.14. The molecule has 152 valence electrons. The Morgan fingerprint density at radius 3 is 2.55 bits per heavy atom. The molecule has 29 heavy (non-hydrogen) atoms. The van der Waals surface area contributed by atoms with Crippen LogP contribution in [0, 0.1) is 23.2 Å². The van der Waals surface area contributed by atoms with Crippen molar-refractivity contribution in [1.82, 2.24) is 9.78 Å². The van der Waals surface area contributed by atoms with Crippen LogP contribution in [0.25, 0.3) is 5.69 Å². The monoisotopic (exact) mass is 394 g/mol. The van der Waals surface area contributed by atoms with Crippen molar-refractivity contribution in [2.45, 2.75) is 52.5 Å². The normalized spacial score (nSPS) is 19.0. The van der Waals surface area contributed by atoms with Crippen LogP contribution < -0.4 is 4.90 Å². The Labute approximate surface area is 170 Å². The van der Waals surface area contributed by atoms with Crippen molar-refractivity contribution in [2.24, 2.45) is 11.8 Å². The smallest absolute Gasteiger partial charge is 0.341 e. The molecule has 1 heterocycles. The lowest BCUT2D eigenvalue weighted by Gasteiger charge is -2.32. The Morgan fingerprint density at radius 2 is 1.97 bits per heavy atom. The molecule has 2 aromatic rings. The zero-order valence-corrected chi connectivity index (χ0v) is 17.0. The molecule has 1 amide bonds. The molecule has 0 atom stereocenters. The molecule has 1 aliphatic carbocycles. The van der Waals surface area contributed by atoms with Gasteiger partial charge < -0.3 is 5.11 Å². The van der Waals surface area contributed by atoms with E-state index in [1.165, 1.54) is 15.8 Å². The van der Waals surface area contributed by atoms with Crippen molar-refractivity contribution in [1.29, 1.82) is 5.26 Å². The highest BCUT2D eigenvalue weighted by Crippen LogP contribution is 2.32. The van der Waals surface area contributed by atoms with Crippen LogP contribution in [0.2, 0.25) is 0 Å². The molecule has 0 radical (unpaired) electrons. The summed E-state index contributed by atoms with van der Waals surface area (Å²) in [6.45, 7) is 5.93.